The number of aromatic nitrogens is 2. The van der Waals surface area contributed by atoms with E-state index in [9.17, 15) is 14.0 Å². The third-order valence-electron chi connectivity index (χ3n) is 4.26. The van der Waals surface area contributed by atoms with Gasteiger partial charge in [0, 0.05) is 4.88 Å². The summed E-state index contributed by atoms with van der Waals surface area (Å²) >= 11 is 1.34. The van der Waals surface area contributed by atoms with E-state index in [0.29, 0.717) is 10.6 Å². The van der Waals surface area contributed by atoms with Gasteiger partial charge in [-0.2, -0.15) is 5.10 Å². The Morgan fingerprint density at radius 1 is 0.966 bits per heavy atom. The van der Waals surface area contributed by atoms with Gasteiger partial charge in [0.25, 0.3) is 0 Å². The summed E-state index contributed by atoms with van der Waals surface area (Å²) in [4.78, 5) is 26.0. The molecule has 2 aromatic carbocycles. The topological polar surface area (TPSA) is 86.9 Å². The minimum atomic E-state index is -0.481. The van der Waals surface area contributed by atoms with Crippen molar-refractivity contribution in [3.8, 4) is 0 Å². The van der Waals surface area contributed by atoms with Crippen LogP contribution in [0.25, 0.3) is 10.2 Å². The molecule has 2 amide bonds. The number of para-hydroxylation sites is 1. The van der Waals surface area contributed by atoms with Crippen molar-refractivity contribution in [2.45, 2.75) is 12.8 Å². The Labute approximate surface area is 169 Å². The molecule has 2 heterocycles. The lowest BCUT2D eigenvalue weighted by atomic mass is 10.1. The molecule has 0 aliphatic carbocycles. The molecule has 0 aliphatic rings. The molecule has 6 nitrogen and oxygen atoms in total. The number of H-pyrrole nitrogens is 1. The number of hydrogen-bond donors (Lipinski definition) is 3. The molecule has 0 saturated carbocycles. The number of carbonyl (C=O) groups is 2. The number of rotatable bonds is 6. The maximum absolute atomic E-state index is 13.7. The number of anilines is 2. The smallest absolute Gasteiger partial charge is 0.229 e. The van der Waals surface area contributed by atoms with Crippen LogP contribution in [-0.2, 0) is 22.4 Å². The van der Waals surface area contributed by atoms with Crippen LogP contribution in [0, 0.1) is 5.82 Å². The van der Waals surface area contributed by atoms with Crippen LogP contribution in [0.1, 0.15) is 10.4 Å². The third kappa shape index (κ3) is 4.49. The predicted molar refractivity (Wildman–Crippen MR) is 111 cm³/mol. The van der Waals surface area contributed by atoms with Gasteiger partial charge in [0.2, 0.25) is 11.8 Å². The van der Waals surface area contributed by atoms with Gasteiger partial charge >= 0.3 is 0 Å². The van der Waals surface area contributed by atoms with Gasteiger partial charge in [-0.1, -0.05) is 42.5 Å². The second-order valence-electron chi connectivity index (χ2n) is 6.45. The summed E-state index contributed by atoms with van der Waals surface area (Å²) in [6.45, 7) is 0. The van der Waals surface area contributed by atoms with Gasteiger partial charge in [-0.25, -0.2) is 4.39 Å². The van der Waals surface area contributed by atoms with Gasteiger partial charge in [0.05, 0.1) is 23.9 Å². The summed E-state index contributed by atoms with van der Waals surface area (Å²) in [5.74, 6) is -0.465. The van der Waals surface area contributed by atoms with Crippen molar-refractivity contribution < 1.29 is 14.0 Å². The SMILES string of the molecule is O=C(Cc1cc2c(NC(=O)Cc3ccccc3)[nH]nc2s1)Nc1ccccc1F. The second kappa shape index (κ2) is 8.24. The molecule has 29 heavy (non-hydrogen) atoms. The van der Waals surface area contributed by atoms with E-state index in [-0.39, 0.29) is 30.3 Å². The lowest BCUT2D eigenvalue weighted by Crippen LogP contribution is -2.15. The van der Waals surface area contributed by atoms with Crippen molar-refractivity contribution in [3.05, 3.63) is 76.9 Å². The van der Waals surface area contributed by atoms with Crippen LogP contribution in [-0.4, -0.2) is 22.0 Å². The fourth-order valence-electron chi connectivity index (χ4n) is 2.92. The highest BCUT2D eigenvalue weighted by Gasteiger charge is 2.15. The van der Waals surface area contributed by atoms with Crippen LogP contribution in [0.5, 0.6) is 0 Å². The van der Waals surface area contributed by atoms with Crippen molar-refractivity contribution in [1.29, 1.82) is 0 Å². The lowest BCUT2D eigenvalue weighted by molar-refractivity contribution is -0.116. The molecule has 146 valence electrons. The van der Waals surface area contributed by atoms with Crippen LogP contribution < -0.4 is 10.6 Å². The maximum atomic E-state index is 13.7. The number of benzene rings is 2. The molecule has 8 heteroatoms. The maximum Gasteiger partial charge on any atom is 0.229 e. The Hall–Kier alpha value is -3.52. The van der Waals surface area contributed by atoms with Crippen molar-refractivity contribution in [1.82, 2.24) is 10.2 Å². The predicted octanol–water partition coefficient (Wildman–Crippen LogP) is 4.13. The van der Waals surface area contributed by atoms with Gasteiger partial charge in [0.15, 0.2) is 0 Å². The number of halogens is 1. The molecule has 2 aromatic heterocycles. The molecule has 0 unspecified atom stereocenters. The summed E-state index contributed by atoms with van der Waals surface area (Å²) in [7, 11) is 0. The monoisotopic (exact) mass is 408 g/mol. The molecule has 0 radical (unpaired) electrons. The minimum Gasteiger partial charge on any atom is -0.323 e. The van der Waals surface area contributed by atoms with E-state index in [1.54, 1.807) is 12.1 Å². The number of nitrogens with one attached hydrogen (secondary N) is 3. The number of nitrogens with zero attached hydrogens (tertiary/aromatic N) is 1. The number of thiophene rings is 1. The van der Waals surface area contributed by atoms with E-state index in [4.69, 9.17) is 0 Å². The summed E-state index contributed by atoms with van der Waals surface area (Å²) in [6.07, 6.45) is 0.343. The van der Waals surface area contributed by atoms with E-state index < -0.39 is 5.82 Å². The highest BCUT2D eigenvalue weighted by atomic mass is 32.1. The van der Waals surface area contributed by atoms with Gasteiger partial charge in [0.1, 0.15) is 16.5 Å². The zero-order chi connectivity index (χ0) is 20.2. The molecule has 4 aromatic rings. The van der Waals surface area contributed by atoms with Crippen molar-refractivity contribution in [2.24, 2.45) is 0 Å². The highest BCUT2D eigenvalue weighted by molar-refractivity contribution is 7.18. The Morgan fingerprint density at radius 2 is 1.69 bits per heavy atom. The van der Waals surface area contributed by atoms with Crippen LogP contribution in [0.3, 0.4) is 0 Å². The summed E-state index contributed by atoms with van der Waals surface area (Å²) in [6, 6.07) is 17.3. The van der Waals surface area contributed by atoms with E-state index in [2.05, 4.69) is 20.8 Å². The fourth-order valence-corrected chi connectivity index (χ4v) is 3.91. The Morgan fingerprint density at radius 3 is 2.48 bits per heavy atom. The van der Waals surface area contributed by atoms with Gasteiger partial charge in [-0.05, 0) is 23.8 Å². The van der Waals surface area contributed by atoms with E-state index in [0.717, 1.165) is 15.8 Å². The standard InChI is InChI=1S/C21H17FN4O2S/c22-16-8-4-5-9-17(16)23-19(28)12-14-11-15-20(25-26-21(15)29-14)24-18(27)10-13-6-2-1-3-7-13/h1-9,11H,10,12H2,(H,23,28)(H2,24,25,26,27). The van der Waals surface area contributed by atoms with Crippen LogP contribution in [0.4, 0.5) is 15.9 Å². The van der Waals surface area contributed by atoms with Gasteiger partial charge in [-0.15, -0.1) is 11.3 Å². The third-order valence-corrected chi connectivity index (χ3v) is 5.29. The van der Waals surface area contributed by atoms with Crippen LogP contribution in [0.15, 0.2) is 60.7 Å². The lowest BCUT2D eigenvalue weighted by Gasteiger charge is -2.05. The highest BCUT2D eigenvalue weighted by Crippen LogP contribution is 2.30. The molecule has 0 aliphatic heterocycles. The van der Waals surface area contributed by atoms with E-state index in [1.807, 2.05) is 36.4 Å². The summed E-state index contributed by atoms with van der Waals surface area (Å²) in [5.41, 5.74) is 1.06. The van der Waals surface area contributed by atoms with Crippen molar-refractivity contribution in [2.75, 3.05) is 10.6 Å². The average molecular weight is 408 g/mol. The average Bonchev–Trinajstić information content (AvgIpc) is 3.25. The summed E-state index contributed by atoms with van der Waals surface area (Å²) in [5, 5.41) is 13.1. The molecule has 0 fully saturated rings. The Balaban J connectivity index is 1.42. The first-order chi connectivity index (χ1) is 14.1. The normalized spacial score (nSPS) is 10.8. The Kier molecular flexibility index (Phi) is 5.35. The number of carbonyl (C=O) groups excluding carboxylic acids is 2. The van der Waals surface area contributed by atoms with E-state index >= 15 is 0 Å². The van der Waals surface area contributed by atoms with Gasteiger partial charge in [-0.3, -0.25) is 14.7 Å². The van der Waals surface area contributed by atoms with E-state index in [1.165, 1.54) is 23.5 Å². The molecule has 0 spiro atoms. The molecule has 0 bridgehead atoms. The van der Waals surface area contributed by atoms with Crippen molar-refractivity contribution in [3.63, 3.8) is 0 Å². The quantitative estimate of drug-likeness (QED) is 0.448. The first-order valence-electron chi connectivity index (χ1n) is 8.93. The van der Waals surface area contributed by atoms with Crippen molar-refractivity contribution >= 4 is 44.9 Å². The number of fused-ring (bicyclic) bond motifs is 1. The largest absolute Gasteiger partial charge is 0.323 e. The minimum absolute atomic E-state index is 0.0900. The number of amides is 2. The number of hydrogen-bond acceptors (Lipinski definition) is 4. The molecule has 3 N–H and O–H groups in total. The first kappa shape index (κ1) is 18.8. The molecule has 0 saturated heterocycles. The molecule has 4 rings (SSSR count). The molecular weight excluding hydrogens is 391 g/mol. The number of aromatic amines is 1. The second-order valence-corrected chi connectivity index (χ2v) is 7.56. The summed E-state index contributed by atoms with van der Waals surface area (Å²) < 4.78 is 13.7. The first-order valence-corrected chi connectivity index (χ1v) is 9.75. The van der Waals surface area contributed by atoms with Crippen LogP contribution >= 0.6 is 11.3 Å². The fraction of sp³-hybridized carbons (Fsp3) is 0.0952. The molecular formula is C21H17FN4O2S. The van der Waals surface area contributed by atoms with Gasteiger partial charge < -0.3 is 10.6 Å². The van der Waals surface area contributed by atoms with Crippen LogP contribution in [0.2, 0.25) is 0 Å². The Bertz CT molecular complexity index is 1170. The zero-order valence-electron chi connectivity index (χ0n) is 15.2. The zero-order valence-corrected chi connectivity index (χ0v) is 16.1. The molecule has 0 atom stereocenters.